The largest absolute Gasteiger partial charge is 0.468 e. The number of hydrogen-bond donors (Lipinski definition) is 1. The first-order valence-electron chi connectivity index (χ1n) is 9.94. The molecule has 1 aliphatic rings. The number of esters is 1. The Morgan fingerprint density at radius 3 is 2.43 bits per heavy atom. The lowest BCUT2D eigenvalue weighted by Gasteiger charge is -2.21. The van der Waals surface area contributed by atoms with Gasteiger partial charge in [0.05, 0.1) is 7.11 Å². The molecule has 0 aliphatic carbocycles. The maximum atomic E-state index is 12.8. The van der Waals surface area contributed by atoms with Crippen LogP contribution in [0.3, 0.4) is 0 Å². The van der Waals surface area contributed by atoms with Crippen LogP contribution in [0.4, 0.5) is 0 Å². The van der Waals surface area contributed by atoms with Gasteiger partial charge in [0.2, 0.25) is 0 Å². The lowest BCUT2D eigenvalue weighted by molar-refractivity contribution is -0.146. The van der Waals surface area contributed by atoms with E-state index in [-0.39, 0.29) is 24.0 Å². The molecule has 1 aromatic heterocycles. The number of ether oxygens (including phenoxy) is 1. The van der Waals surface area contributed by atoms with Crippen LogP contribution < -0.4 is 5.32 Å². The van der Waals surface area contributed by atoms with Crippen molar-refractivity contribution in [2.45, 2.75) is 25.0 Å². The fraction of sp³-hybridized carbons (Fsp3) is 0.250. The number of likely N-dealkylation sites (tertiary alicyclic amines) is 1. The van der Waals surface area contributed by atoms with Crippen LogP contribution in [0, 0.1) is 0 Å². The molecular weight excluding hydrogens is 396 g/mol. The highest BCUT2D eigenvalue weighted by molar-refractivity contribution is 7.09. The molecule has 1 N–H and O–H groups in total. The first-order valence-corrected chi connectivity index (χ1v) is 10.8. The summed E-state index contributed by atoms with van der Waals surface area (Å²) in [5.74, 6) is -0.378. The van der Waals surface area contributed by atoms with Crippen LogP contribution in [-0.2, 0) is 16.1 Å². The summed E-state index contributed by atoms with van der Waals surface area (Å²) in [7, 11) is 1.41. The van der Waals surface area contributed by atoms with E-state index in [9.17, 15) is 9.59 Å². The maximum Gasteiger partial charge on any atom is 0.323 e. The molecule has 2 heterocycles. The van der Waals surface area contributed by atoms with Crippen LogP contribution in [0.5, 0.6) is 0 Å². The fourth-order valence-electron chi connectivity index (χ4n) is 3.88. The number of nitrogens with one attached hydrogen (secondary N) is 1. The monoisotopic (exact) mass is 420 g/mol. The van der Waals surface area contributed by atoms with Gasteiger partial charge in [0.15, 0.2) is 0 Å². The first kappa shape index (κ1) is 20.3. The minimum absolute atomic E-state index is 0.102. The molecule has 1 fully saturated rings. The van der Waals surface area contributed by atoms with E-state index in [1.54, 1.807) is 11.3 Å². The van der Waals surface area contributed by atoms with Gasteiger partial charge in [-0.25, -0.2) is 0 Å². The second-order valence-electron chi connectivity index (χ2n) is 7.40. The molecule has 0 unspecified atom stereocenters. The van der Waals surface area contributed by atoms with Crippen molar-refractivity contribution in [1.82, 2.24) is 10.2 Å². The van der Waals surface area contributed by atoms with Crippen molar-refractivity contribution < 1.29 is 14.3 Å². The third-order valence-corrected chi connectivity index (χ3v) is 6.27. The molecule has 0 saturated carbocycles. The molecule has 1 saturated heterocycles. The van der Waals surface area contributed by atoms with E-state index in [0.717, 1.165) is 11.1 Å². The van der Waals surface area contributed by atoms with Crippen molar-refractivity contribution in [1.29, 1.82) is 0 Å². The summed E-state index contributed by atoms with van der Waals surface area (Å²) in [6, 6.07) is 21.3. The van der Waals surface area contributed by atoms with Gasteiger partial charge in [-0.05, 0) is 41.1 Å². The summed E-state index contributed by atoms with van der Waals surface area (Å²) in [6.45, 7) is 1.29. The Labute approximate surface area is 180 Å². The van der Waals surface area contributed by atoms with Crippen LogP contribution >= 0.6 is 11.3 Å². The normalized spacial score (nSPS) is 18.8. The van der Waals surface area contributed by atoms with Crippen LogP contribution in [0.1, 0.15) is 21.7 Å². The van der Waals surface area contributed by atoms with Gasteiger partial charge in [-0.2, -0.15) is 0 Å². The quantitative estimate of drug-likeness (QED) is 0.613. The molecule has 5 nitrogen and oxygen atoms in total. The number of thiophene rings is 1. The standard InChI is InChI=1S/C24H24N2O3S/c1-29-24(28)22-14-20(15-26(22)16-21-8-5-13-30-21)25-23(27)19-11-9-18(10-12-19)17-6-3-2-4-7-17/h2-13,20,22H,14-16H2,1H3,(H,25,27)/t20-,22+/m1/s1. The fourth-order valence-corrected chi connectivity index (χ4v) is 4.61. The van der Waals surface area contributed by atoms with E-state index < -0.39 is 0 Å². The number of carbonyl (C=O) groups is 2. The second kappa shape index (κ2) is 9.24. The highest BCUT2D eigenvalue weighted by atomic mass is 32.1. The van der Waals surface area contributed by atoms with Gasteiger partial charge in [0.1, 0.15) is 6.04 Å². The van der Waals surface area contributed by atoms with Crippen molar-refractivity contribution >= 4 is 23.2 Å². The summed E-state index contributed by atoms with van der Waals surface area (Å²) >= 11 is 1.66. The molecule has 0 bridgehead atoms. The Morgan fingerprint density at radius 2 is 1.77 bits per heavy atom. The lowest BCUT2D eigenvalue weighted by Crippen LogP contribution is -2.37. The van der Waals surface area contributed by atoms with Crippen LogP contribution in [0.15, 0.2) is 72.1 Å². The van der Waals surface area contributed by atoms with Crippen molar-refractivity contribution in [2.24, 2.45) is 0 Å². The van der Waals surface area contributed by atoms with Gasteiger partial charge >= 0.3 is 5.97 Å². The third kappa shape index (κ3) is 4.61. The lowest BCUT2D eigenvalue weighted by atomic mass is 10.0. The van der Waals surface area contributed by atoms with E-state index >= 15 is 0 Å². The van der Waals surface area contributed by atoms with Gasteiger partial charge in [-0.15, -0.1) is 11.3 Å². The van der Waals surface area contributed by atoms with E-state index in [1.165, 1.54) is 12.0 Å². The molecular formula is C24H24N2O3S. The SMILES string of the molecule is COC(=O)[C@@H]1C[C@@H](NC(=O)c2ccc(-c3ccccc3)cc2)CN1Cc1cccs1. The second-order valence-corrected chi connectivity index (χ2v) is 8.43. The van der Waals surface area contributed by atoms with Gasteiger partial charge in [0.25, 0.3) is 5.91 Å². The average Bonchev–Trinajstić information content (AvgIpc) is 3.44. The van der Waals surface area contributed by atoms with E-state index in [0.29, 0.717) is 25.1 Å². The summed E-state index contributed by atoms with van der Waals surface area (Å²) in [4.78, 5) is 28.3. The topological polar surface area (TPSA) is 58.6 Å². The molecule has 4 rings (SSSR count). The predicted octanol–water partition coefficient (Wildman–Crippen LogP) is 3.96. The van der Waals surface area contributed by atoms with Crippen LogP contribution in [0.25, 0.3) is 11.1 Å². The molecule has 0 spiro atoms. The molecule has 30 heavy (non-hydrogen) atoms. The number of amides is 1. The first-order chi connectivity index (χ1) is 14.6. The highest BCUT2D eigenvalue weighted by Crippen LogP contribution is 2.24. The zero-order valence-electron chi connectivity index (χ0n) is 16.8. The molecule has 1 aliphatic heterocycles. The molecule has 2 atom stereocenters. The average molecular weight is 421 g/mol. The molecule has 3 aromatic rings. The van der Waals surface area contributed by atoms with Crippen molar-refractivity contribution in [3.63, 3.8) is 0 Å². The van der Waals surface area contributed by atoms with Crippen molar-refractivity contribution in [2.75, 3.05) is 13.7 Å². The molecule has 2 aromatic carbocycles. The Kier molecular flexibility index (Phi) is 6.26. The number of rotatable bonds is 6. The number of benzene rings is 2. The number of hydrogen-bond acceptors (Lipinski definition) is 5. The van der Waals surface area contributed by atoms with Gasteiger partial charge in [-0.1, -0.05) is 48.5 Å². The van der Waals surface area contributed by atoms with E-state index in [1.807, 2.05) is 66.0 Å². The highest BCUT2D eigenvalue weighted by Gasteiger charge is 2.38. The van der Waals surface area contributed by atoms with Crippen LogP contribution in [-0.4, -0.2) is 42.5 Å². The summed E-state index contributed by atoms with van der Waals surface area (Å²) in [6.07, 6.45) is 0.548. The minimum Gasteiger partial charge on any atom is -0.468 e. The maximum absolute atomic E-state index is 12.8. The Balaban J connectivity index is 1.41. The molecule has 6 heteroatoms. The third-order valence-electron chi connectivity index (χ3n) is 5.41. The Hall–Kier alpha value is -2.96. The number of nitrogens with zero attached hydrogens (tertiary/aromatic N) is 1. The van der Waals surface area contributed by atoms with Gasteiger partial charge in [0, 0.05) is 29.6 Å². The molecule has 1 amide bonds. The van der Waals surface area contributed by atoms with Crippen molar-refractivity contribution in [3.05, 3.63) is 82.6 Å². The minimum atomic E-state index is -0.345. The van der Waals surface area contributed by atoms with Gasteiger partial charge in [-0.3, -0.25) is 14.5 Å². The van der Waals surface area contributed by atoms with E-state index in [4.69, 9.17) is 4.74 Å². The summed E-state index contributed by atoms with van der Waals surface area (Å²) in [5, 5.41) is 5.11. The predicted molar refractivity (Wildman–Crippen MR) is 118 cm³/mol. The summed E-state index contributed by atoms with van der Waals surface area (Å²) in [5.41, 5.74) is 2.80. The zero-order chi connectivity index (χ0) is 20.9. The smallest absolute Gasteiger partial charge is 0.323 e. The number of methoxy groups -OCH3 is 1. The Bertz CT molecular complexity index is 987. The van der Waals surface area contributed by atoms with E-state index in [2.05, 4.69) is 16.3 Å². The number of carbonyl (C=O) groups excluding carboxylic acids is 2. The van der Waals surface area contributed by atoms with Crippen LogP contribution in [0.2, 0.25) is 0 Å². The summed E-state index contributed by atoms with van der Waals surface area (Å²) < 4.78 is 4.99. The zero-order valence-corrected chi connectivity index (χ0v) is 17.6. The Morgan fingerprint density at radius 1 is 1.03 bits per heavy atom. The van der Waals surface area contributed by atoms with Crippen molar-refractivity contribution in [3.8, 4) is 11.1 Å². The molecule has 154 valence electrons. The molecule has 0 radical (unpaired) electrons. The van der Waals surface area contributed by atoms with Gasteiger partial charge < -0.3 is 10.1 Å².